The molecule has 10 heterocycles. The number of ether oxygens (including phenoxy) is 2. The van der Waals surface area contributed by atoms with Crippen molar-refractivity contribution in [3.63, 3.8) is 0 Å². The molecule has 4 aromatic carbocycles. The molecule has 3 unspecified atom stereocenters. The first-order valence-electron chi connectivity index (χ1n) is 48.0. The van der Waals surface area contributed by atoms with Crippen LogP contribution in [0, 0.1) is 35.3 Å². The molecule has 0 spiro atoms. The molecule has 32 nitrogen and oxygen atoms in total. The molecule has 12 atom stereocenters. The Hall–Kier alpha value is -11.1. The number of carboxylic acids is 1. The largest absolute Gasteiger partial charge is 0.481 e. The van der Waals surface area contributed by atoms with Crippen molar-refractivity contribution in [1.29, 1.82) is 0 Å². The Morgan fingerprint density at radius 2 is 0.703 bits per heavy atom. The lowest BCUT2D eigenvalue weighted by Gasteiger charge is -2.46. The molecule has 6 aromatic rings. The Bertz CT molecular complexity index is 5640. The summed E-state index contributed by atoms with van der Waals surface area (Å²) in [6, 6.07) is 7.09. The number of carboxylic acid groups (broad SMARTS) is 1. The number of likely N-dealkylation sites (tertiary alicyclic amines) is 6. The van der Waals surface area contributed by atoms with Gasteiger partial charge >= 0.3 is 42.9 Å². The van der Waals surface area contributed by atoms with E-state index < -0.39 is 154 Å². The highest BCUT2D eigenvalue weighted by Gasteiger charge is 2.50. The first kappa shape index (κ1) is 120. The minimum absolute atomic E-state index is 0.00219. The standard InChI is InChI=1S/C25H33ClF3N3O4.C24H27ClF4N6O2.C23H29ClF3N3O5.C20H25ClF3N3O2.C4H3ClFN3.CH5N/c1-5-21(33)18-8-10-31(23(35)36-24(2,3)4)14-20(18)32-9-6-7-19(22(32)34)30-17-12-15(25(27,28)29)11-16(26)13-17;1-2-19(36)16-5-7-34(22-20(26)21(30)31-12-32-22)11-18(16)35-6-3-4-17(23(35)37)33-15-9-13(24(27,28)29)8-14(25)10-15;1-22(2,3)35-21(34)29-8-6-16(20(32)33)18(12-29)30-7-4-5-17(19(30)31)28-15-10-13(23(25,26)27)9-14(24)11-15;1-2-18(28)15-5-6-25-11-17(15)27-7-3-4-16(19(27)29)26-14-9-12(20(22,23)24)8-13(21)10-14;5-3-2(6)4(7)9-1-8-3;1-2/h11-13,18-20,30H,5-10,14H2,1-4H3;8-10,12,16-18,33H,2-7,11H2,1H3,(H2,30,31,32);9-11,16-18,28H,4-8,12H2,1-3H3,(H,32,33);8-10,15-17,25-26H,2-7,11H2,1H3;1H,(H2,7,8,9);2H2,1H3/t18-,19?,20-;16-,17+,18-;16-,17?,18-;15-,16?,17-;;/m0000../s1. The molecule has 8 aliphatic heterocycles. The fraction of sp³-hybridized carbons (Fsp3) is 0.567. The van der Waals surface area contributed by atoms with Gasteiger partial charge in [0.05, 0.1) is 52.3 Å². The first-order chi connectivity index (χ1) is 69.2. The van der Waals surface area contributed by atoms with Gasteiger partial charge in [-0.1, -0.05) is 78.8 Å². The zero-order chi connectivity index (χ0) is 110. The number of piperidine rings is 8. The van der Waals surface area contributed by atoms with E-state index in [0.717, 1.165) is 67.7 Å². The molecule has 148 heavy (non-hydrogen) atoms. The van der Waals surface area contributed by atoms with Gasteiger partial charge in [-0.05, 0) is 205 Å². The van der Waals surface area contributed by atoms with Crippen LogP contribution in [0.5, 0.6) is 0 Å². The number of amides is 6. The molecule has 14 rings (SSSR count). The van der Waals surface area contributed by atoms with Crippen molar-refractivity contribution >= 4 is 157 Å². The highest BCUT2D eigenvalue weighted by molar-refractivity contribution is 6.32. The Morgan fingerprint density at radius 1 is 0.405 bits per heavy atom. The predicted octanol–water partition coefficient (Wildman–Crippen LogP) is 18.1. The monoisotopic (exact) mass is 2200 g/mol. The lowest BCUT2D eigenvalue weighted by molar-refractivity contribution is -0.151. The molecule has 0 radical (unpaired) electrons. The van der Waals surface area contributed by atoms with Crippen LogP contribution in [0.25, 0.3) is 0 Å². The fourth-order valence-corrected chi connectivity index (χ4v) is 19.9. The number of nitrogen functional groups attached to an aromatic ring is 2. The van der Waals surface area contributed by atoms with Crippen molar-refractivity contribution in [2.75, 3.05) is 123 Å². The SMILES string of the molecule is CC(C)(C)OC(=O)N1CC[C@H](C(=O)O)[C@@H](N2CCCC(Nc3cc(Cl)cc(C(F)(F)F)c3)C2=O)C1.CCC(=O)[C@H]1CCN(C(=O)OC(C)(C)C)C[C@@H]1N1CCCC(Nc2cc(Cl)cc(C(F)(F)F)c2)C1=O.CCC(=O)[C@H]1CCN(c2ncnc(N)c2F)C[C@@H]1N1CCC[C@@H](Nc2cc(Cl)cc(C(F)(F)F)c2)C1=O.CCC(=O)[C@H]1CCNC[C@@H]1N1CCCC(Nc2cc(Cl)cc(C(F)(F)F)c2)C1=O.CN.Nc1ncnc(Cl)c1F. The van der Waals surface area contributed by atoms with E-state index in [9.17, 15) is 115 Å². The number of aromatic nitrogens is 4. The van der Waals surface area contributed by atoms with Gasteiger partial charge in [0, 0.05) is 152 Å². The van der Waals surface area contributed by atoms with E-state index in [1.54, 1.807) is 75.0 Å². The van der Waals surface area contributed by atoms with Gasteiger partial charge in [-0.15, -0.1) is 0 Å². The number of carbonyl (C=O) groups is 10. The third-order valence-electron chi connectivity index (χ3n) is 25.7. The van der Waals surface area contributed by atoms with Gasteiger partial charge in [-0.25, -0.2) is 29.5 Å². The maximum Gasteiger partial charge on any atom is 0.416 e. The number of hydrogen-bond acceptors (Lipinski definition) is 25. The summed E-state index contributed by atoms with van der Waals surface area (Å²) in [6.45, 7) is 19.8. The number of nitrogens with two attached hydrogens (primary N) is 3. The molecule has 0 aliphatic carbocycles. The zero-order valence-electron chi connectivity index (χ0n) is 82.8. The third kappa shape index (κ3) is 33.0. The quantitative estimate of drug-likeness (QED) is 0.0253. The van der Waals surface area contributed by atoms with Crippen molar-refractivity contribution in [1.82, 2.24) is 54.7 Å². The Balaban J connectivity index is 0.000000212. The Labute approximate surface area is 871 Å². The molecule has 2 aromatic heterocycles. The number of alkyl halides is 12. The maximum absolute atomic E-state index is 14.7. The Kier molecular flexibility index (Phi) is 42.4. The number of halogens is 19. The number of ketones is 3. The number of nitrogens with zero attached hydrogens (tertiary/aromatic N) is 11. The normalized spacial score (nSPS) is 22.7. The number of hydrogen-bond donors (Lipinski definition) is 9. The molecule has 0 bridgehead atoms. The minimum atomic E-state index is -4.61. The van der Waals surface area contributed by atoms with Gasteiger partial charge in [0.25, 0.3) is 0 Å². The molecule has 51 heteroatoms. The zero-order valence-corrected chi connectivity index (χ0v) is 86.6. The van der Waals surface area contributed by atoms with Crippen LogP contribution in [0.15, 0.2) is 85.5 Å². The molecular weight excluding hydrogens is 2080 g/mol. The summed E-state index contributed by atoms with van der Waals surface area (Å²) < 4.78 is 196. The van der Waals surface area contributed by atoms with Crippen LogP contribution in [-0.2, 0) is 72.5 Å². The molecule has 0 saturated carbocycles. The summed E-state index contributed by atoms with van der Waals surface area (Å²) in [5.74, 6) is -6.28. The number of carbonyl (C=O) groups excluding carboxylic acids is 9. The maximum atomic E-state index is 14.7. The summed E-state index contributed by atoms with van der Waals surface area (Å²) in [5, 5.41) is 24.0. The lowest BCUT2D eigenvalue weighted by Crippen LogP contribution is -2.61. The number of aliphatic carboxylic acids is 1. The van der Waals surface area contributed by atoms with Gasteiger partial charge < -0.3 is 92.7 Å². The highest BCUT2D eigenvalue weighted by Crippen LogP contribution is 2.43. The van der Waals surface area contributed by atoms with E-state index in [-0.39, 0.29) is 158 Å². The van der Waals surface area contributed by atoms with E-state index in [4.69, 9.17) is 78.9 Å². The summed E-state index contributed by atoms with van der Waals surface area (Å²) in [6.07, 6.45) is -10.5. The molecule has 6 amide bonds. The van der Waals surface area contributed by atoms with Crippen molar-refractivity contribution < 1.29 is 124 Å². The van der Waals surface area contributed by atoms with Crippen LogP contribution in [0.1, 0.15) is 181 Å². The molecule has 816 valence electrons. The number of anilines is 7. The van der Waals surface area contributed by atoms with Crippen molar-refractivity contribution in [2.45, 2.75) is 243 Å². The smallest absolute Gasteiger partial charge is 0.416 e. The van der Waals surface area contributed by atoms with Crippen molar-refractivity contribution in [3.05, 3.63) is 145 Å². The van der Waals surface area contributed by atoms with Crippen LogP contribution in [0.4, 0.5) is 111 Å². The van der Waals surface area contributed by atoms with Crippen LogP contribution in [0.2, 0.25) is 25.2 Å². The Morgan fingerprint density at radius 3 is 1.01 bits per heavy atom. The van der Waals surface area contributed by atoms with Crippen LogP contribution in [-0.4, -0.2) is 259 Å². The van der Waals surface area contributed by atoms with E-state index >= 15 is 0 Å². The van der Waals surface area contributed by atoms with Gasteiger partial charge in [0.2, 0.25) is 35.3 Å². The van der Waals surface area contributed by atoms with Crippen LogP contribution in [0.3, 0.4) is 0 Å². The molecule has 12 N–H and O–H groups in total. The average molecular weight is 2210 g/mol. The summed E-state index contributed by atoms with van der Waals surface area (Å²) in [7, 11) is 1.50. The first-order valence-corrected chi connectivity index (χ1v) is 49.9. The molecule has 8 fully saturated rings. The van der Waals surface area contributed by atoms with Gasteiger partial charge in [0.1, 0.15) is 65.4 Å². The minimum Gasteiger partial charge on any atom is -0.481 e. The second kappa shape index (κ2) is 52.1. The van der Waals surface area contributed by atoms with E-state index in [1.807, 2.05) is 6.92 Å². The average Bonchev–Trinajstić information content (AvgIpc) is 0.785. The number of Topliss-reactive ketones (excluding diaryl/α,β-unsaturated/α-hetero) is 3. The van der Waals surface area contributed by atoms with Crippen LogP contribution < -0.4 is 48.7 Å². The van der Waals surface area contributed by atoms with Gasteiger partial charge in [-0.3, -0.25) is 38.4 Å². The highest BCUT2D eigenvalue weighted by atomic mass is 35.5. The van der Waals surface area contributed by atoms with E-state index in [0.29, 0.717) is 123 Å². The van der Waals surface area contributed by atoms with Crippen molar-refractivity contribution in [2.24, 2.45) is 29.4 Å². The number of benzene rings is 4. The van der Waals surface area contributed by atoms with E-state index in [2.05, 4.69) is 52.3 Å². The summed E-state index contributed by atoms with van der Waals surface area (Å²) in [5.41, 5.74) is 10.4. The summed E-state index contributed by atoms with van der Waals surface area (Å²) >= 11 is 28.7. The predicted molar refractivity (Wildman–Crippen MR) is 529 cm³/mol. The van der Waals surface area contributed by atoms with Gasteiger partial charge in [0.15, 0.2) is 22.6 Å². The second-order valence-electron chi connectivity index (χ2n) is 38.3. The number of nitrogens with one attached hydrogen (secondary N) is 5. The molecule has 8 saturated heterocycles. The third-order valence-corrected chi connectivity index (χ3v) is 26.9. The second-order valence-corrected chi connectivity index (χ2v) is 40.4. The van der Waals surface area contributed by atoms with Gasteiger partial charge in [-0.2, -0.15) is 61.5 Å². The fourth-order valence-electron chi connectivity index (χ4n) is 18.8. The number of rotatable bonds is 20. The summed E-state index contributed by atoms with van der Waals surface area (Å²) in [4.78, 5) is 154. The lowest BCUT2D eigenvalue weighted by atomic mass is 9.84. The molecular formula is C97H122Cl5F14N19O13. The van der Waals surface area contributed by atoms with Crippen LogP contribution >= 0.6 is 58.0 Å². The topological polar surface area (TPSA) is 422 Å². The van der Waals surface area contributed by atoms with Crippen molar-refractivity contribution in [3.8, 4) is 0 Å². The molecule has 8 aliphatic rings. The van der Waals surface area contributed by atoms with E-state index in [1.165, 1.54) is 46.0 Å².